The van der Waals surface area contributed by atoms with E-state index in [0.29, 0.717) is 0 Å². The zero-order valence-corrected chi connectivity index (χ0v) is 11.9. The predicted molar refractivity (Wildman–Crippen MR) is 67.1 cm³/mol. The third-order valence-electron chi connectivity index (χ3n) is 2.68. The minimum Gasteiger partial charge on any atom is -0.444 e. The van der Waals surface area contributed by atoms with Gasteiger partial charge in [-0.2, -0.15) is 0 Å². The Kier molecular flexibility index (Phi) is 4.61. The topological polar surface area (TPSA) is 83.9 Å². The van der Waals surface area contributed by atoms with Crippen LogP contribution in [0.5, 0.6) is 0 Å². The first-order valence-electron chi connectivity index (χ1n) is 5.96. The number of nitrogens with zero attached hydrogens (tertiary/aromatic N) is 1. The summed E-state index contributed by atoms with van der Waals surface area (Å²) in [4.78, 5) is 13.2. The number of aliphatic hydroxyl groups excluding tert-OH is 1. The van der Waals surface area contributed by atoms with E-state index >= 15 is 0 Å². The van der Waals surface area contributed by atoms with Crippen molar-refractivity contribution in [3.8, 4) is 0 Å². The molecule has 0 unspecified atom stereocenters. The number of ether oxygens (including phenoxy) is 1. The highest BCUT2D eigenvalue weighted by atomic mass is 32.2. The molecule has 0 bridgehead atoms. The third-order valence-corrected chi connectivity index (χ3v) is 4.83. The molecule has 1 fully saturated rings. The van der Waals surface area contributed by atoms with Gasteiger partial charge >= 0.3 is 6.09 Å². The lowest BCUT2D eigenvalue weighted by atomic mass is 10.2. The van der Waals surface area contributed by atoms with Crippen LogP contribution in [0.25, 0.3) is 0 Å². The van der Waals surface area contributed by atoms with Crippen LogP contribution in [0.15, 0.2) is 0 Å². The molecular weight excluding hydrogens is 258 g/mol. The maximum absolute atomic E-state index is 11.8. The number of amides is 1. The maximum atomic E-state index is 11.8. The number of hydrogen-bond donors (Lipinski definition) is 1. The van der Waals surface area contributed by atoms with Gasteiger partial charge in [0.2, 0.25) is 0 Å². The molecule has 1 saturated heterocycles. The van der Waals surface area contributed by atoms with Crippen LogP contribution in [0.1, 0.15) is 27.2 Å². The summed E-state index contributed by atoms with van der Waals surface area (Å²) in [6.07, 6.45) is -0.345. The van der Waals surface area contributed by atoms with Crippen molar-refractivity contribution in [3.05, 3.63) is 0 Å². The van der Waals surface area contributed by atoms with Crippen molar-refractivity contribution in [1.29, 1.82) is 0 Å². The predicted octanol–water partition coefficient (Wildman–Crippen LogP) is 0.403. The minimum atomic E-state index is -3.21. The van der Waals surface area contributed by atoms with Crippen molar-refractivity contribution in [2.24, 2.45) is 0 Å². The Hall–Kier alpha value is -0.820. The number of sulfone groups is 1. The lowest BCUT2D eigenvalue weighted by Gasteiger charge is -2.33. The van der Waals surface area contributed by atoms with Gasteiger partial charge in [0.25, 0.3) is 0 Å². The Labute approximate surface area is 108 Å². The molecule has 1 aliphatic heterocycles. The van der Waals surface area contributed by atoms with Gasteiger partial charge < -0.3 is 14.7 Å². The fourth-order valence-corrected chi connectivity index (χ4v) is 3.44. The van der Waals surface area contributed by atoms with Gasteiger partial charge in [0, 0.05) is 19.7 Å². The maximum Gasteiger partial charge on any atom is 0.410 e. The molecule has 0 aromatic rings. The van der Waals surface area contributed by atoms with Gasteiger partial charge in [-0.3, -0.25) is 0 Å². The third kappa shape index (κ3) is 4.13. The van der Waals surface area contributed by atoms with E-state index in [1.165, 1.54) is 4.90 Å². The molecule has 1 N–H and O–H groups in total. The summed E-state index contributed by atoms with van der Waals surface area (Å²) in [5, 5.41) is 8.17. The molecule has 0 radical (unpaired) electrons. The average Bonchev–Trinajstić information content (AvgIpc) is 2.18. The highest BCUT2D eigenvalue weighted by molar-refractivity contribution is 7.92. The minimum absolute atomic E-state index is 0.0725. The lowest BCUT2D eigenvalue weighted by Crippen LogP contribution is -2.50. The van der Waals surface area contributed by atoms with Crippen molar-refractivity contribution >= 4 is 15.9 Å². The smallest absolute Gasteiger partial charge is 0.410 e. The van der Waals surface area contributed by atoms with Crippen LogP contribution in [0.4, 0.5) is 4.79 Å². The highest BCUT2D eigenvalue weighted by Gasteiger charge is 2.35. The number of hydrogen-bond acceptors (Lipinski definition) is 5. The standard InChI is InChI=1S/C11H21NO5S/c1-11(2,3)17-10(14)12-5-7-18(15,16)9(8-12)4-6-13/h9,13H,4-8H2,1-3H3/t9-/m1/s1. The SMILES string of the molecule is CC(C)(C)OC(=O)N1CCS(=O)(=O)[C@H](CCO)C1. The summed E-state index contributed by atoms with van der Waals surface area (Å²) in [5.74, 6) is -0.0725. The summed E-state index contributed by atoms with van der Waals surface area (Å²) < 4.78 is 28.7. The number of carbonyl (C=O) groups excluding carboxylic acids is 1. The lowest BCUT2D eigenvalue weighted by molar-refractivity contribution is 0.0250. The highest BCUT2D eigenvalue weighted by Crippen LogP contribution is 2.18. The van der Waals surface area contributed by atoms with Gasteiger partial charge in [0.1, 0.15) is 5.60 Å². The molecule has 0 aromatic carbocycles. The normalized spacial score (nSPS) is 23.8. The van der Waals surface area contributed by atoms with Gasteiger partial charge in [-0.15, -0.1) is 0 Å². The van der Waals surface area contributed by atoms with E-state index in [9.17, 15) is 13.2 Å². The van der Waals surface area contributed by atoms with E-state index in [0.717, 1.165) is 0 Å². The summed E-state index contributed by atoms with van der Waals surface area (Å²) in [5.41, 5.74) is -0.597. The molecular formula is C11H21NO5S. The summed E-state index contributed by atoms with van der Waals surface area (Å²) in [6.45, 7) is 5.33. The van der Waals surface area contributed by atoms with E-state index in [1.54, 1.807) is 20.8 Å². The van der Waals surface area contributed by atoms with Gasteiger partial charge in [-0.25, -0.2) is 13.2 Å². The van der Waals surface area contributed by atoms with Gasteiger partial charge in [-0.05, 0) is 27.2 Å². The van der Waals surface area contributed by atoms with Crippen molar-refractivity contribution in [2.75, 3.05) is 25.4 Å². The summed E-state index contributed by atoms with van der Waals surface area (Å²) in [7, 11) is -3.21. The average molecular weight is 279 g/mol. The van der Waals surface area contributed by atoms with Crippen molar-refractivity contribution < 1.29 is 23.1 Å². The van der Waals surface area contributed by atoms with Gasteiger partial charge in [0.05, 0.1) is 11.0 Å². The number of rotatable bonds is 2. The monoisotopic (exact) mass is 279 g/mol. The molecule has 1 atom stereocenters. The first kappa shape index (κ1) is 15.2. The molecule has 1 rings (SSSR count). The fraction of sp³-hybridized carbons (Fsp3) is 0.909. The zero-order valence-electron chi connectivity index (χ0n) is 11.0. The van der Waals surface area contributed by atoms with Crippen molar-refractivity contribution in [1.82, 2.24) is 4.90 Å². The molecule has 1 amide bonds. The van der Waals surface area contributed by atoms with E-state index in [4.69, 9.17) is 9.84 Å². The van der Waals surface area contributed by atoms with Crippen molar-refractivity contribution in [3.63, 3.8) is 0 Å². The Morgan fingerprint density at radius 2 is 2.06 bits per heavy atom. The Morgan fingerprint density at radius 1 is 1.44 bits per heavy atom. The van der Waals surface area contributed by atoms with Gasteiger partial charge in [0.15, 0.2) is 9.84 Å². The van der Waals surface area contributed by atoms with Gasteiger partial charge in [-0.1, -0.05) is 0 Å². The molecule has 0 saturated carbocycles. The Morgan fingerprint density at radius 3 is 2.56 bits per heavy atom. The van der Waals surface area contributed by atoms with E-state index in [1.807, 2.05) is 0 Å². The van der Waals surface area contributed by atoms with Crippen LogP contribution < -0.4 is 0 Å². The summed E-state index contributed by atoms with van der Waals surface area (Å²) in [6, 6.07) is 0. The molecule has 0 aliphatic carbocycles. The van der Waals surface area contributed by atoms with Crippen LogP contribution >= 0.6 is 0 Å². The molecule has 0 aromatic heterocycles. The Bertz CT molecular complexity index is 398. The first-order valence-corrected chi connectivity index (χ1v) is 7.67. The molecule has 18 heavy (non-hydrogen) atoms. The van der Waals surface area contributed by atoms with E-state index in [2.05, 4.69) is 0 Å². The van der Waals surface area contributed by atoms with E-state index < -0.39 is 26.8 Å². The zero-order chi connectivity index (χ0) is 14.0. The molecule has 1 heterocycles. The molecule has 7 heteroatoms. The Balaban J connectivity index is 2.69. The number of carbonyl (C=O) groups is 1. The summed E-state index contributed by atoms with van der Waals surface area (Å²) >= 11 is 0. The molecule has 6 nitrogen and oxygen atoms in total. The van der Waals surface area contributed by atoms with Crippen LogP contribution in [-0.2, 0) is 14.6 Å². The van der Waals surface area contributed by atoms with Crippen LogP contribution in [0.2, 0.25) is 0 Å². The van der Waals surface area contributed by atoms with E-state index in [-0.39, 0.29) is 31.9 Å². The van der Waals surface area contributed by atoms with Crippen molar-refractivity contribution in [2.45, 2.75) is 38.0 Å². The van der Waals surface area contributed by atoms with Crippen LogP contribution in [0, 0.1) is 0 Å². The largest absolute Gasteiger partial charge is 0.444 e. The quantitative estimate of drug-likeness (QED) is 0.791. The second-order valence-electron chi connectivity index (χ2n) is 5.43. The molecule has 1 aliphatic rings. The fourth-order valence-electron chi connectivity index (χ4n) is 1.76. The molecule has 106 valence electrons. The number of aliphatic hydroxyl groups is 1. The van der Waals surface area contributed by atoms with Crippen LogP contribution in [-0.4, -0.2) is 60.8 Å². The van der Waals surface area contributed by atoms with Crippen LogP contribution in [0.3, 0.4) is 0 Å². The first-order chi connectivity index (χ1) is 8.15. The molecule has 0 spiro atoms. The second-order valence-corrected chi connectivity index (χ2v) is 7.83. The second kappa shape index (κ2) is 5.44.